The van der Waals surface area contributed by atoms with Gasteiger partial charge in [0.25, 0.3) is 17.7 Å². The normalized spacial score (nSPS) is 19.7. The van der Waals surface area contributed by atoms with Gasteiger partial charge >= 0.3 is 5.97 Å². The van der Waals surface area contributed by atoms with E-state index in [1.807, 2.05) is 6.92 Å². The van der Waals surface area contributed by atoms with Crippen LogP contribution in [0.4, 0.5) is 0 Å². The molecule has 7 heteroatoms. The quantitative estimate of drug-likeness (QED) is 0.813. The maximum atomic E-state index is 12.7. The van der Waals surface area contributed by atoms with E-state index in [0.29, 0.717) is 37.1 Å². The molecule has 1 aromatic carbocycles. The van der Waals surface area contributed by atoms with Crippen LogP contribution in [-0.2, 0) is 4.79 Å². The van der Waals surface area contributed by atoms with E-state index in [9.17, 15) is 24.3 Å². The molecule has 1 aromatic rings. The third-order valence-corrected chi connectivity index (χ3v) is 5.01. The van der Waals surface area contributed by atoms with Crippen molar-refractivity contribution in [3.63, 3.8) is 0 Å². The fourth-order valence-corrected chi connectivity index (χ4v) is 3.49. The topological polar surface area (TPSA) is 95.0 Å². The van der Waals surface area contributed by atoms with Gasteiger partial charge in [-0.15, -0.1) is 0 Å². The van der Waals surface area contributed by atoms with Gasteiger partial charge in [0.1, 0.15) is 0 Å². The predicted octanol–water partition coefficient (Wildman–Crippen LogP) is 2.02. The zero-order valence-corrected chi connectivity index (χ0v) is 14.7. The number of hydrogen-bond donors (Lipinski definition) is 1. The number of benzene rings is 1. The smallest absolute Gasteiger partial charge is 0.308 e. The molecule has 1 saturated heterocycles. The Balaban J connectivity index is 1.81. The zero-order valence-electron chi connectivity index (χ0n) is 14.7. The van der Waals surface area contributed by atoms with Gasteiger partial charge in [0.2, 0.25) is 0 Å². The van der Waals surface area contributed by atoms with Gasteiger partial charge in [-0.05, 0) is 37.5 Å². The molecule has 3 rings (SSSR count). The molecule has 1 atom stereocenters. The van der Waals surface area contributed by atoms with Crippen molar-refractivity contribution in [1.82, 2.24) is 9.80 Å². The monoisotopic (exact) mass is 358 g/mol. The minimum atomic E-state index is -0.899. The second-order valence-corrected chi connectivity index (χ2v) is 6.80. The van der Waals surface area contributed by atoms with Crippen molar-refractivity contribution in [2.75, 3.05) is 19.6 Å². The van der Waals surface area contributed by atoms with Gasteiger partial charge < -0.3 is 10.0 Å². The Morgan fingerprint density at radius 1 is 1.19 bits per heavy atom. The molecule has 2 aliphatic heterocycles. The van der Waals surface area contributed by atoms with Crippen LogP contribution in [0.5, 0.6) is 0 Å². The minimum Gasteiger partial charge on any atom is -0.481 e. The van der Waals surface area contributed by atoms with Crippen molar-refractivity contribution in [3.05, 3.63) is 34.9 Å². The summed E-state index contributed by atoms with van der Waals surface area (Å²) in [6.45, 7) is 3.02. The Kier molecular flexibility index (Phi) is 5.06. The first kappa shape index (κ1) is 18.1. The summed E-state index contributed by atoms with van der Waals surface area (Å²) in [4.78, 5) is 51.5. The highest BCUT2D eigenvalue weighted by Crippen LogP contribution is 2.26. The van der Waals surface area contributed by atoms with E-state index in [-0.39, 0.29) is 29.8 Å². The van der Waals surface area contributed by atoms with Gasteiger partial charge in [0, 0.05) is 25.2 Å². The molecule has 0 aromatic heterocycles. The minimum absolute atomic E-state index is 0.167. The van der Waals surface area contributed by atoms with Gasteiger partial charge in [0.15, 0.2) is 0 Å². The molecule has 1 N–H and O–H groups in total. The standard InChI is InChI=1S/C19H22N2O5/c1-2-3-9-21-17(23)14-7-6-12(10-15(14)18(21)24)16(22)20-8-4-5-13(11-20)19(25)26/h6-7,10,13H,2-5,8-9,11H2,1H3,(H,25,26)/t13-/m0/s1. The number of carboxylic acids is 1. The molecule has 2 heterocycles. The number of carbonyl (C=O) groups is 4. The van der Waals surface area contributed by atoms with Gasteiger partial charge in [-0.1, -0.05) is 13.3 Å². The number of amides is 3. The van der Waals surface area contributed by atoms with Crippen LogP contribution >= 0.6 is 0 Å². The summed E-state index contributed by atoms with van der Waals surface area (Å²) in [5.74, 6) is -2.44. The van der Waals surface area contributed by atoms with Crippen LogP contribution in [0.3, 0.4) is 0 Å². The summed E-state index contributed by atoms with van der Waals surface area (Å²) in [5.41, 5.74) is 0.890. The number of hydrogen-bond acceptors (Lipinski definition) is 4. The van der Waals surface area contributed by atoms with Crippen molar-refractivity contribution in [1.29, 1.82) is 0 Å². The van der Waals surface area contributed by atoms with E-state index in [1.54, 1.807) is 6.07 Å². The average Bonchev–Trinajstić information content (AvgIpc) is 2.89. The Morgan fingerprint density at radius 2 is 1.92 bits per heavy atom. The Morgan fingerprint density at radius 3 is 2.62 bits per heavy atom. The van der Waals surface area contributed by atoms with Crippen molar-refractivity contribution in [2.24, 2.45) is 5.92 Å². The van der Waals surface area contributed by atoms with Crippen LogP contribution in [0.1, 0.15) is 63.7 Å². The molecule has 0 radical (unpaired) electrons. The average molecular weight is 358 g/mol. The molecule has 3 amide bonds. The predicted molar refractivity (Wildman–Crippen MR) is 93.0 cm³/mol. The van der Waals surface area contributed by atoms with E-state index >= 15 is 0 Å². The molecule has 0 saturated carbocycles. The van der Waals surface area contributed by atoms with Crippen molar-refractivity contribution >= 4 is 23.7 Å². The lowest BCUT2D eigenvalue weighted by molar-refractivity contribution is -0.143. The van der Waals surface area contributed by atoms with E-state index in [0.717, 1.165) is 12.8 Å². The summed E-state index contributed by atoms with van der Waals surface area (Å²) >= 11 is 0. The van der Waals surface area contributed by atoms with Gasteiger partial charge in [-0.2, -0.15) is 0 Å². The fourth-order valence-electron chi connectivity index (χ4n) is 3.49. The summed E-state index contributed by atoms with van der Waals surface area (Å²) in [6.07, 6.45) is 2.80. The number of likely N-dealkylation sites (tertiary alicyclic amines) is 1. The second kappa shape index (κ2) is 7.27. The molecular formula is C19H22N2O5. The maximum absolute atomic E-state index is 12.7. The molecule has 0 spiro atoms. The number of fused-ring (bicyclic) bond motifs is 1. The molecule has 7 nitrogen and oxygen atoms in total. The van der Waals surface area contributed by atoms with Crippen LogP contribution in [0.15, 0.2) is 18.2 Å². The first-order valence-corrected chi connectivity index (χ1v) is 8.96. The van der Waals surface area contributed by atoms with Crippen LogP contribution in [0.2, 0.25) is 0 Å². The first-order valence-electron chi connectivity index (χ1n) is 8.96. The largest absolute Gasteiger partial charge is 0.481 e. The number of aliphatic carboxylic acids is 1. The molecular weight excluding hydrogens is 336 g/mol. The molecule has 0 unspecified atom stereocenters. The number of carboxylic acid groups (broad SMARTS) is 1. The van der Waals surface area contributed by atoms with Crippen LogP contribution < -0.4 is 0 Å². The van der Waals surface area contributed by atoms with Crippen molar-refractivity contribution in [2.45, 2.75) is 32.6 Å². The molecule has 2 aliphatic rings. The van der Waals surface area contributed by atoms with E-state index in [1.165, 1.54) is 21.9 Å². The third-order valence-electron chi connectivity index (χ3n) is 5.01. The summed E-state index contributed by atoms with van der Waals surface area (Å²) < 4.78 is 0. The van der Waals surface area contributed by atoms with Gasteiger partial charge in [-0.3, -0.25) is 24.1 Å². The van der Waals surface area contributed by atoms with E-state index in [2.05, 4.69) is 0 Å². The lowest BCUT2D eigenvalue weighted by Gasteiger charge is -2.30. The van der Waals surface area contributed by atoms with Gasteiger partial charge in [-0.25, -0.2) is 0 Å². The Labute approximate surface area is 151 Å². The lowest BCUT2D eigenvalue weighted by atomic mass is 9.97. The third kappa shape index (κ3) is 3.21. The number of rotatable bonds is 5. The SMILES string of the molecule is CCCCN1C(=O)c2ccc(C(=O)N3CCC[C@H](C(=O)O)C3)cc2C1=O. The molecule has 0 aliphatic carbocycles. The Bertz CT molecular complexity index is 773. The Hall–Kier alpha value is -2.70. The van der Waals surface area contributed by atoms with E-state index in [4.69, 9.17) is 0 Å². The highest BCUT2D eigenvalue weighted by Gasteiger charge is 2.36. The van der Waals surface area contributed by atoms with Crippen LogP contribution in [0.25, 0.3) is 0 Å². The lowest BCUT2D eigenvalue weighted by Crippen LogP contribution is -2.42. The maximum Gasteiger partial charge on any atom is 0.308 e. The number of imide groups is 1. The number of carbonyl (C=O) groups excluding carboxylic acids is 3. The van der Waals surface area contributed by atoms with Crippen LogP contribution in [0, 0.1) is 5.92 Å². The first-order chi connectivity index (χ1) is 12.4. The van der Waals surface area contributed by atoms with Crippen molar-refractivity contribution in [3.8, 4) is 0 Å². The number of nitrogens with zero attached hydrogens (tertiary/aromatic N) is 2. The molecule has 0 bridgehead atoms. The summed E-state index contributed by atoms with van der Waals surface area (Å²) in [7, 11) is 0. The molecule has 26 heavy (non-hydrogen) atoms. The van der Waals surface area contributed by atoms with Crippen molar-refractivity contribution < 1.29 is 24.3 Å². The zero-order chi connectivity index (χ0) is 18.8. The van der Waals surface area contributed by atoms with E-state index < -0.39 is 11.9 Å². The fraction of sp³-hybridized carbons (Fsp3) is 0.474. The molecule has 1 fully saturated rings. The highest BCUT2D eigenvalue weighted by atomic mass is 16.4. The van der Waals surface area contributed by atoms with Crippen LogP contribution in [-0.4, -0.2) is 58.2 Å². The second-order valence-electron chi connectivity index (χ2n) is 6.80. The number of piperidine rings is 1. The number of unbranched alkanes of at least 4 members (excludes halogenated alkanes) is 1. The van der Waals surface area contributed by atoms with Gasteiger partial charge in [0.05, 0.1) is 17.0 Å². The summed E-state index contributed by atoms with van der Waals surface area (Å²) in [6, 6.07) is 4.53. The summed E-state index contributed by atoms with van der Waals surface area (Å²) in [5, 5.41) is 9.17. The molecule has 138 valence electrons. The highest BCUT2D eigenvalue weighted by molar-refractivity contribution is 6.22.